The molecule has 3 rings (SSSR count). The van der Waals surface area contributed by atoms with E-state index in [0.29, 0.717) is 12.5 Å². The number of halogens is 1. The van der Waals surface area contributed by atoms with Gasteiger partial charge in [0.1, 0.15) is 17.0 Å². The first-order chi connectivity index (χ1) is 7.74. The van der Waals surface area contributed by atoms with Crippen LogP contribution in [0.4, 0.5) is 5.82 Å². The summed E-state index contributed by atoms with van der Waals surface area (Å²) in [6.45, 7) is 0.608. The minimum absolute atomic E-state index is 0.414. The number of aromatic nitrogens is 2. The van der Waals surface area contributed by atoms with Gasteiger partial charge in [-0.2, -0.15) is 4.99 Å². The van der Waals surface area contributed by atoms with Gasteiger partial charge in [-0.15, -0.1) is 11.3 Å². The summed E-state index contributed by atoms with van der Waals surface area (Å²) in [5.74, 6) is 1.19. The highest BCUT2D eigenvalue weighted by molar-refractivity contribution is 7.18. The summed E-state index contributed by atoms with van der Waals surface area (Å²) in [5, 5.41) is 3.92. The normalized spacial score (nSPS) is 14.2. The average Bonchev–Trinajstić information content (AvgIpc) is 2.83. The molecule has 5 nitrogen and oxygen atoms in total. The fraction of sp³-hybridized carbons (Fsp3) is 0.111. The third kappa shape index (κ3) is 1.46. The van der Waals surface area contributed by atoms with Gasteiger partial charge in [0.15, 0.2) is 11.8 Å². The minimum atomic E-state index is 0.414. The molecular formula is C9H8ClN5S. The zero-order valence-electron chi connectivity index (χ0n) is 8.14. The Labute approximate surface area is 101 Å². The molecule has 0 saturated carbocycles. The van der Waals surface area contributed by atoms with Gasteiger partial charge in [0, 0.05) is 0 Å². The molecule has 0 amide bonds. The van der Waals surface area contributed by atoms with Crippen LogP contribution in [0.3, 0.4) is 0 Å². The predicted molar refractivity (Wildman–Crippen MR) is 64.6 cm³/mol. The van der Waals surface area contributed by atoms with Gasteiger partial charge in [0.05, 0.1) is 10.9 Å². The van der Waals surface area contributed by atoms with E-state index in [2.05, 4.69) is 15.3 Å². The molecule has 2 aromatic heterocycles. The maximum Gasteiger partial charge on any atom is 0.195 e. The topological polar surface area (TPSA) is 68.2 Å². The number of hydrogen-bond donors (Lipinski definition) is 2. The van der Waals surface area contributed by atoms with Crippen LogP contribution in [-0.2, 0) is 6.54 Å². The van der Waals surface area contributed by atoms with Gasteiger partial charge in [-0.3, -0.25) is 4.57 Å². The van der Waals surface area contributed by atoms with Gasteiger partial charge < -0.3 is 11.1 Å². The van der Waals surface area contributed by atoms with E-state index in [1.807, 2.05) is 16.7 Å². The fourth-order valence-corrected chi connectivity index (χ4v) is 2.55. The lowest BCUT2D eigenvalue weighted by Crippen LogP contribution is -2.33. The second kappa shape index (κ2) is 3.50. The molecule has 16 heavy (non-hydrogen) atoms. The van der Waals surface area contributed by atoms with Crippen LogP contribution in [0.2, 0.25) is 4.34 Å². The highest BCUT2D eigenvalue weighted by atomic mass is 35.5. The lowest BCUT2D eigenvalue weighted by Gasteiger charge is -2.11. The third-order valence-corrected chi connectivity index (χ3v) is 3.51. The molecule has 1 aliphatic rings. The summed E-state index contributed by atoms with van der Waals surface area (Å²) in [5.41, 5.74) is 6.52. The van der Waals surface area contributed by atoms with Crippen molar-refractivity contribution in [2.75, 3.05) is 0 Å². The van der Waals surface area contributed by atoms with Crippen molar-refractivity contribution in [3.8, 4) is 5.00 Å². The summed E-state index contributed by atoms with van der Waals surface area (Å²) >= 11 is 7.38. The molecule has 0 unspecified atom stereocenters. The first-order valence-corrected chi connectivity index (χ1v) is 5.83. The molecule has 0 radical (unpaired) electrons. The molecule has 0 bridgehead atoms. The van der Waals surface area contributed by atoms with Gasteiger partial charge in [-0.1, -0.05) is 11.6 Å². The van der Waals surface area contributed by atoms with Gasteiger partial charge >= 0.3 is 0 Å². The fourth-order valence-electron chi connectivity index (χ4n) is 1.55. The lowest BCUT2D eigenvalue weighted by molar-refractivity contribution is 0.850. The summed E-state index contributed by atoms with van der Waals surface area (Å²) in [6.07, 6.45) is 1.73. The molecule has 7 heteroatoms. The number of guanidine groups is 1. The first-order valence-electron chi connectivity index (χ1n) is 4.64. The Balaban J connectivity index is 2.14. The number of imidazole rings is 1. The van der Waals surface area contributed by atoms with E-state index in [0.717, 1.165) is 20.8 Å². The minimum Gasteiger partial charge on any atom is -0.370 e. The number of aliphatic imine (C=N–C) groups is 1. The van der Waals surface area contributed by atoms with Crippen molar-refractivity contribution in [2.45, 2.75) is 6.54 Å². The van der Waals surface area contributed by atoms with Crippen LogP contribution in [0.5, 0.6) is 0 Å². The van der Waals surface area contributed by atoms with Crippen LogP contribution in [0.1, 0.15) is 5.69 Å². The molecule has 0 spiro atoms. The van der Waals surface area contributed by atoms with E-state index in [1.165, 1.54) is 11.3 Å². The van der Waals surface area contributed by atoms with Crippen LogP contribution >= 0.6 is 22.9 Å². The largest absolute Gasteiger partial charge is 0.370 e. The number of nitrogens with one attached hydrogen (secondary N) is 1. The van der Waals surface area contributed by atoms with Crippen molar-refractivity contribution in [3.63, 3.8) is 0 Å². The van der Waals surface area contributed by atoms with Crippen molar-refractivity contribution < 1.29 is 0 Å². The van der Waals surface area contributed by atoms with E-state index >= 15 is 0 Å². The average molecular weight is 254 g/mol. The smallest absolute Gasteiger partial charge is 0.195 e. The summed E-state index contributed by atoms with van der Waals surface area (Å²) in [7, 11) is 0. The zero-order valence-corrected chi connectivity index (χ0v) is 9.72. The van der Waals surface area contributed by atoms with Crippen LogP contribution < -0.4 is 11.1 Å². The highest BCUT2D eigenvalue weighted by Crippen LogP contribution is 2.30. The van der Waals surface area contributed by atoms with Crippen molar-refractivity contribution >= 4 is 34.7 Å². The first kappa shape index (κ1) is 9.68. The quantitative estimate of drug-likeness (QED) is 0.812. The van der Waals surface area contributed by atoms with Gasteiger partial charge in [0.25, 0.3) is 0 Å². The van der Waals surface area contributed by atoms with Crippen molar-refractivity contribution in [3.05, 3.63) is 28.5 Å². The molecule has 0 atom stereocenters. The van der Waals surface area contributed by atoms with E-state index in [1.54, 1.807) is 6.33 Å². The van der Waals surface area contributed by atoms with E-state index < -0.39 is 0 Å². The van der Waals surface area contributed by atoms with E-state index in [9.17, 15) is 0 Å². The number of rotatable bonds is 1. The molecule has 0 fully saturated rings. The molecule has 0 saturated heterocycles. The Hall–Kier alpha value is -1.53. The standard InChI is InChI=1S/C9H8ClN5S/c10-6-1-2-7(16-6)15-4-13-5-3-12-9(11)14-8(5)15/h1-2,4H,3H2,(H3,11,12,14). The molecule has 2 aromatic rings. The number of nitrogens with two attached hydrogens (primary N) is 1. The highest BCUT2D eigenvalue weighted by Gasteiger charge is 2.16. The molecule has 0 aliphatic carbocycles. The SMILES string of the molecule is NC1=Nc2c(ncn2-c2ccc(Cl)s2)CN1. The number of hydrogen-bond acceptors (Lipinski definition) is 5. The van der Waals surface area contributed by atoms with Crippen LogP contribution in [0, 0.1) is 0 Å². The molecule has 3 N–H and O–H groups in total. The van der Waals surface area contributed by atoms with Crippen LogP contribution in [-0.4, -0.2) is 15.5 Å². The van der Waals surface area contributed by atoms with Crippen LogP contribution in [0.25, 0.3) is 5.00 Å². The Morgan fingerprint density at radius 1 is 1.50 bits per heavy atom. The summed E-state index contributed by atoms with van der Waals surface area (Å²) in [6, 6.07) is 3.78. The maximum atomic E-state index is 5.90. The zero-order chi connectivity index (χ0) is 11.1. The second-order valence-corrected chi connectivity index (χ2v) is 5.01. The van der Waals surface area contributed by atoms with Crippen molar-refractivity contribution in [1.29, 1.82) is 0 Å². The second-order valence-electron chi connectivity index (χ2n) is 3.31. The molecule has 3 heterocycles. The number of nitrogens with zero attached hydrogens (tertiary/aromatic N) is 3. The van der Waals surface area contributed by atoms with Crippen LogP contribution in [0.15, 0.2) is 23.5 Å². The van der Waals surface area contributed by atoms with Gasteiger partial charge in [0.2, 0.25) is 0 Å². The Morgan fingerprint density at radius 3 is 3.12 bits per heavy atom. The molecule has 82 valence electrons. The summed E-state index contributed by atoms with van der Waals surface area (Å²) < 4.78 is 2.63. The van der Waals surface area contributed by atoms with Crippen molar-refractivity contribution in [1.82, 2.24) is 14.9 Å². The van der Waals surface area contributed by atoms with E-state index in [4.69, 9.17) is 17.3 Å². The number of thiophene rings is 1. The molecular weight excluding hydrogens is 246 g/mol. The van der Waals surface area contributed by atoms with E-state index in [-0.39, 0.29) is 0 Å². The molecule has 1 aliphatic heterocycles. The van der Waals surface area contributed by atoms with Gasteiger partial charge in [-0.05, 0) is 12.1 Å². The third-order valence-electron chi connectivity index (χ3n) is 2.28. The maximum absolute atomic E-state index is 5.90. The van der Waals surface area contributed by atoms with Gasteiger partial charge in [-0.25, -0.2) is 4.98 Å². The Kier molecular flexibility index (Phi) is 2.12. The number of fused-ring (bicyclic) bond motifs is 1. The Morgan fingerprint density at radius 2 is 2.38 bits per heavy atom. The predicted octanol–water partition coefficient (Wildman–Crippen LogP) is 1.64. The molecule has 0 aromatic carbocycles. The van der Waals surface area contributed by atoms with Crippen molar-refractivity contribution in [2.24, 2.45) is 10.7 Å². The Bertz CT molecular complexity index is 570. The monoisotopic (exact) mass is 253 g/mol. The lowest BCUT2D eigenvalue weighted by atomic mass is 10.4. The summed E-state index contributed by atoms with van der Waals surface area (Å²) in [4.78, 5) is 8.52.